The van der Waals surface area contributed by atoms with E-state index in [2.05, 4.69) is 9.88 Å². The number of hydrogen-bond acceptors (Lipinski definition) is 3. The van der Waals surface area contributed by atoms with Gasteiger partial charge in [-0.05, 0) is 49.2 Å². The first-order chi connectivity index (χ1) is 12.6. The highest BCUT2D eigenvalue weighted by molar-refractivity contribution is 6.33. The van der Waals surface area contributed by atoms with E-state index in [4.69, 9.17) is 27.9 Å². The minimum Gasteiger partial charge on any atom is -0.390 e. The Morgan fingerprint density at radius 2 is 1.77 bits per heavy atom. The number of fused-ring (bicyclic) bond motifs is 3. The van der Waals surface area contributed by atoms with Crippen LogP contribution in [0.2, 0.25) is 10.0 Å². The summed E-state index contributed by atoms with van der Waals surface area (Å²) in [6, 6.07) is 11.7. The molecule has 0 saturated carbocycles. The molecule has 2 N–H and O–H groups in total. The van der Waals surface area contributed by atoms with E-state index in [0.29, 0.717) is 23.1 Å². The molecule has 0 aliphatic carbocycles. The highest BCUT2D eigenvalue weighted by Crippen LogP contribution is 2.33. The van der Waals surface area contributed by atoms with Crippen LogP contribution in [-0.2, 0) is 11.3 Å². The van der Waals surface area contributed by atoms with Crippen molar-refractivity contribution in [1.29, 1.82) is 0 Å². The van der Waals surface area contributed by atoms with Gasteiger partial charge in [0.05, 0.1) is 18.8 Å². The molecule has 0 unspecified atom stereocenters. The van der Waals surface area contributed by atoms with Crippen LogP contribution in [0.25, 0.3) is 21.8 Å². The smallest absolute Gasteiger partial charge is 0.0843 e. The van der Waals surface area contributed by atoms with Gasteiger partial charge in [0.15, 0.2) is 0 Å². The Morgan fingerprint density at radius 3 is 2.35 bits per heavy atom. The maximum atomic E-state index is 10.5. The summed E-state index contributed by atoms with van der Waals surface area (Å²) in [5.74, 6) is 0. The van der Waals surface area contributed by atoms with E-state index < -0.39 is 6.10 Å². The number of nitrogens with zero attached hydrogens (tertiary/aromatic N) is 1. The summed E-state index contributed by atoms with van der Waals surface area (Å²) >= 11 is 12.4. The molecule has 4 rings (SSSR count). The second kappa shape index (κ2) is 7.75. The van der Waals surface area contributed by atoms with Crippen LogP contribution in [0, 0.1) is 0 Å². The lowest BCUT2D eigenvalue weighted by molar-refractivity contribution is 0.101. The normalized spacial score (nSPS) is 18.8. The van der Waals surface area contributed by atoms with E-state index in [1.807, 2.05) is 36.4 Å². The highest BCUT2D eigenvalue weighted by atomic mass is 35.5. The summed E-state index contributed by atoms with van der Waals surface area (Å²) in [5.41, 5.74) is 2.09. The number of nitrogens with one attached hydrogen (secondary N) is 1. The Hall–Kier alpha value is -1.30. The Bertz CT molecular complexity index is 860. The molecule has 1 aliphatic rings. The summed E-state index contributed by atoms with van der Waals surface area (Å²) in [6.45, 7) is 2.67. The van der Waals surface area contributed by atoms with Crippen LogP contribution in [0.4, 0.5) is 0 Å². The fourth-order valence-electron chi connectivity index (χ4n) is 3.74. The van der Waals surface area contributed by atoms with Gasteiger partial charge in [-0.25, -0.2) is 0 Å². The SMILES string of the molecule is O[C@H](CNC[C@@H]1CCCO1)Cn1c2ccc(Cl)cc2c2cc(Cl)ccc21. The lowest BCUT2D eigenvalue weighted by atomic mass is 10.1. The average molecular weight is 393 g/mol. The van der Waals surface area contributed by atoms with Crippen molar-refractivity contribution in [2.45, 2.75) is 31.6 Å². The molecule has 1 aromatic heterocycles. The van der Waals surface area contributed by atoms with Gasteiger partial charge < -0.3 is 19.7 Å². The van der Waals surface area contributed by atoms with Crippen LogP contribution in [0.3, 0.4) is 0 Å². The number of aliphatic hydroxyl groups excluding tert-OH is 1. The number of ether oxygens (including phenoxy) is 1. The van der Waals surface area contributed by atoms with Crippen molar-refractivity contribution in [2.75, 3.05) is 19.7 Å². The van der Waals surface area contributed by atoms with Gasteiger partial charge in [-0.3, -0.25) is 0 Å². The minimum atomic E-state index is -0.499. The second-order valence-corrected chi connectivity index (χ2v) is 7.75. The number of halogens is 2. The van der Waals surface area contributed by atoms with Crippen molar-refractivity contribution < 1.29 is 9.84 Å². The van der Waals surface area contributed by atoms with Crippen molar-refractivity contribution in [3.8, 4) is 0 Å². The topological polar surface area (TPSA) is 46.4 Å². The molecule has 4 nitrogen and oxygen atoms in total. The summed E-state index contributed by atoms with van der Waals surface area (Å²) in [7, 11) is 0. The molecular weight excluding hydrogens is 371 g/mol. The number of rotatable bonds is 6. The fraction of sp³-hybridized carbons (Fsp3) is 0.400. The number of aliphatic hydroxyl groups is 1. The molecule has 26 heavy (non-hydrogen) atoms. The van der Waals surface area contributed by atoms with Gasteiger partial charge in [0.25, 0.3) is 0 Å². The molecule has 0 radical (unpaired) electrons. The quantitative estimate of drug-likeness (QED) is 0.659. The average Bonchev–Trinajstić information content (AvgIpc) is 3.22. The van der Waals surface area contributed by atoms with Gasteiger partial charge in [0.1, 0.15) is 0 Å². The van der Waals surface area contributed by atoms with Crippen LogP contribution in [0.1, 0.15) is 12.8 Å². The zero-order chi connectivity index (χ0) is 18.1. The molecule has 0 spiro atoms. The van der Waals surface area contributed by atoms with Gasteiger partial charge >= 0.3 is 0 Å². The third-order valence-corrected chi connectivity index (χ3v) is 5.43. The number of hydrogen-bond donors (Lipinski definition) is 2. The highest BCUT2D eigenvalue weighted by Gasteiger charge is 2.17. The Labute approximate surface area is 162 Å². The van der Waals surface area contributed by atoms with Crippen LogP contribution in [0.5, 0.6) is 0 Å². The van der Waals surface area contributed by atoms with Gasteiger partial charge in [-0.1, -0.05) is 23.2 Å². The van der Waals surface area contributed by atoms with E-state index in [-0.39, 0.29) is 6.10 Å². The zero-order valence-electron chi connectivity index (χ0n) is 14.4. The first-order valence-electron chi connectivity index (χ1n) is 8.99. The van der Waals surface area contributed by atoms with Crippen molar-refractivity contribution in [2.24, 2.45) is 0 Å². The van der Waals surface area contributed by atoms with E-state index >= 15 is 0 Å². The van der Waals surface area contributed by atoms with Crippen molar-refractivity contribution in [3.05, 3.63) is 46.4 Å². The van der Waals surface area contributed by atoms with E-state index in [1.165, 1.54) is 0 Å². The minimum absolute atomic E-state index is 0.278. The summed E-state index contributed by atoms with van der Waals surface area (Å²) in [4.78, 5) is 0. The maximum absolute atomic E-state index is 10.5. The number of aromatic nitrogens is 1. The third kappa shape index (κ3) is 3.71. The van der Waals surface area contributed by atoms with E-state index in [9.17, 15) is 5.11 Å². The summed E-state index contributed by atoms with van der Waals surface area (Å²) in [6.07, 6.45) is 2.00. The van der Waals surface area contributed by atoms with Crippen molar-refractivity contribution in [3.63, 3.8) is 0 Å². The molecule has 0 bridgehead atoms. The Balaban J connectivity index is 1.56. The Kier molecular flexibility index (Phi) is 5.39. The fourth-order valence-corrected chi connectivity index (χ4v) is 4.08. The molecule has 138 valence electrons. The lowest BCUT2D eigenvalue weighted by Gasteiger charge is -2.16. The maximum Gasteiger partial charge on any atom is 0.0843 e. The van der Waals surface area contributed by atoms with Crippen LogP contribution in [-0.4, -0.2) is 41.6 Å². The summed E-state index contributed by atoms with van der Waals surface area (Å²) in [5, 5.41) is 17.4. The molecule has 1 saturated heterocycles. The van der Waals surface area contributed by atoms with Crippen LogP contribution >= 0.6 is 23.2 Å². The predicted octanol–water partition coefficient (Wildman–Crippen LogP) is 4.23. The van der Waals surface area contributed by atoms with E-state index in [1.54, 1.807) is 0 Å². The van der Waals surface area contributed by atoms with Gasteiger partial charge in [-0.2, -0.15) is 0 Å². The second-order valence-electron chi connectivity index (χ2n) is 6.88. The van der Waals surface area contributed by atoms with Gasteiger partial charge in [-0.15, -0.1) is 0 Å². The van der Waals surface area contributed by atoms with Crippen molar-refractivity contribution in [1.82, 2.24) is 9.88 Å². The summed E-state index contributed by atoms with van der Waals surface area (Å²) < 4.78 is 7.74. The monoisotopic (exact) mass is 392 g/mol. The first kappa shape index (κ1) is 18.1. The largest absolute Gasteiger partial charge is 0.390 e. The third-order valence-electron chi connectivity index (χ3n) is 4.96. The molecule has 1 fully saturated rings. The molecule has 2 heterocycles. The molecule has 1 aliphatic heterocycles. The molecule has 2 atom stereocenters. The predicted molar refractivity (Wildman–Crippen MR) is 107 cm³/mol. The van der Waals surface area contributed by atoms with E-state index in [0.717, 1.165) is 47.8 Å². The standard InChI is InChI=1S/C20H22Cl2N2O2/c21-13-3-5-19-17(8-13)18-9-14(22)4-6-20(18)24(19)12-15(25)10-23-11-16-2-1-7-26-16/h3-6,8-9,15-16,23,25H,1-2,7,10-12H2/t15-,16+/m1/s1. The van der Waals surface area contributed by atoms with Gasteiger partial charge in [0.2, 0.25) is 0 Å². The van der Waals surface area contributed by atoms with Gasteiger partial charge in [0, 0.05) is 51.5 Å². The Morgan fingerprint density at radius 1 is 1.12 bits per heavy atom. The number of benzene rings is 2. The molecule has 3 aromatic rings. The molecule has 2 aromatic carbocycles. The van der Waals surface area contributed by atoms with Crippen molar-refractivity contribution >= 4 is 45.0 Å². The van der Waals surface area contributed by atoms with Crippen LogP contribution < -0.4 is 5.32 Å². The lowest BCUT2D eigenvalue weighted by Crippen LogP contribution is -2.34. The molecule has 0 amide bonds. The van der Waals surface area contributed by atoms with Crippen LogP contribution in [0.15, 0.2) is 36.4 Å². The molecular formula is C20H22Cl2N2O2. The zero-order valence-corrected chi connectivity index (χ0v) is 15.9. The molecule has 6 heteroatoms. The first-order valence-corrected chi connectivity index (χ1v) is 9.75.